The van der Waals surface area contributed by atoms with Crippen LogP contribution in [0.1, 0.15) is 65.3 Å². The third-order valence-corrected chi connectivity index (χ3v) is 4.71. The molecule has 1 saturated heterocycles. The molecular weight excluding hydrogens is 294 g/mol. The molecule has 0 amide bonds. The number of hydrogen-bond acceptors (Lipinski definition) is 2. The Morgan fingerprint density at radius 1 is 1.23 bits per heavy atom. The Hall–Kier alpha value is -0.800. The number of anilines is 1. The summed E-state index contributed by atoms with van der Waals surface area (Å²) in [5, 5.41) is 2.36. The molecular formula is C18H32ClN3. The molecule has 2 heterocycles. The average molecular weight is 326 g/mol. The number of pyridine rings is 1. The second-order valence-electron chi connectivity index (χ2n) is 6.52. The van der Waals surface area contributed by atoms with Crippen molar-refractivity contribution < 1.29 is 17.0 Å². The van der Waals surface area contributed by atoms with Gasteiger partial charge in [0.05, 0.1) is 5.69 Å². The summed E-state index contributed by atoms with van der Waals surface area (Å²) in [6.45, 7) is 9.22. The maximum Gasteiger partial charge on any atom is 0.171 e. The van der Waals surface area contributed by atoms with Crippen LogP contribution in [0.4, 0.5) is 5.69 Å². The molecule has 4 heteroatoms. The van der Waals surface area contributed by atoms with Crippen molar-refractivity contribution in [3.63, 3.8) is 0 Å². The van der Waals surface area contributed by atoms with E-state index in [4.69, 9.17) is 0 Å². The smallest absolute Gasteiger partial charge is 0.171 e. The van der Waals surface area contributed by atoms with Crippen LogP contribution in [-0.2, 0) is 0 Å². The van der Waals surface area contributed by atoms with Crippen LogP contribution in [-0.4, -0.2) is 18.1 Å². The molecule has 1 N–H and O–H groups in total. The summed E-state index contributed by atoms with van der Waals surface area (Å²) in [6, 6.07) is 5.08. The van der Waals surface area contributed by atoms with Crippen LogP contribution in [0.15, 0.2) is 24.5 Å². The Kier molecular flexibility index (Phi) is 8.81. The van der Waals surface area contributed by atoms with E-state index < -0.39 is 0 Å². The SMILES string of the molecule is CCCCC(CC)[n+]1ccc(NN2CCC(C)CC2)cc1.[Cl-]. The lowest BCUT2D eigenvalue weighted by Gasteiger charge is -2.30. The second kappa shape index (κ2) is 10.1. The topological polar surface area (TPSA) is 19.1 Å². The highest BCUT2D eigenvalue weighted by Gasteiger charge is 2.17. The van der Waals surface area contributed by atoms with E-state index in [0.29, 0.717) is 6.04 Å². The van der Waals surface area contributed by atoms with Crippen molar-refractivity contribution in [2.24, 2.45) is 5.92 Å². The molecule has 0 saturated carbocycles. The lowest BCUT2D eigenvalue weighted by Crippen LogP contribution is -3.00. The van der Waals surface area contributed by atoms with Gasteiger partial charge in [-0.3, -0.25) is 0 Å². The monoisotopic (exact) mass is 325 g/mol. The minimum absolute atomic E-state index is 0. The molecule has 1 fully saturated rings. The van der Waals surface area contributed by atoms with E-state index in [-0.39, 0.29) is 12.4 Å². The number of nitrogens with zero attached hydrogens (tertiary/aromatic N) is 2. The largest absolute Gasteiger partial charge is 1.00 e. The van der Waals surface area contributed by atoms with Gasteiger partial charge < -0.3 is 17.8 Å². The number of unbranched alkanes of at least 4 members (excludes halogenated alkanes) is 1. The molecule has 1 unspecified atom stereocenters. The highest BCUT2D eigenvalue weighted by molar-refractivity contribution is 5.38. The molecule has 3 nitrogen and oxygen atoms in total. The van der Waals surface area contributed by atoms with E-state index in [1.165, 1.54) is 44.2 Å². The van der Waals surface area contributed by atoms with Crippen LogP contribution in [0.2, 0.25) is 0 Å². The predicted octanol–water partition coefficient (Wildman–Crippen LogP) is 1.18. The Bertz CT molecular complexity index is 399. The Morgan fingerprint density at radius 3 is 2.41 bits per heavy atom. The standard InChI is InChI=1S/C18H31N3.ClH/c1-4-6-7-18(5-2)20-12-10-17(11-13-20)19-21-14-8-16(3)9-15-21;/h10-13,16,18H,4-9,14-15H2,1-3H3;1H. The highest BCUT2D eigenvalue weighted by atomic mass is 35.5. The molecule has 1 aliphatic rings. The number of hydrazine groups is 1. The summed E-state index contributed by atoms with van der Waals surface area (Å²) in [5.74, 6) is 0.879. The Morgan fingerprint density at radius 2 is 1.86 bits per heavy atom. The van der Waals surface area contributed by atoms with Gasteiger partial charge in [0.25, 0.3) is 0 Å². The first kappa shape index (κ1) is 19.2. The third-order valence-electron chi connectivity index (χ3n) is 4.71. The van der Waals surface area contributed by atoms with Crippen LogP contribution >= 0.6 is 0 Å². The summed E-state index contributed by atoms with van der Waals surface area (Å²) in [7, 11) is 0. The number of rotatable bonds is 7. The van der Waals surface area contributed by atoms with E-state index in [1.807, 2.05) is 0 Å². The minimum Gasteiger partial charge on any atom is -1.00 e. The molecule has 0 spiro atoms. The van der Waals surface area contributed by atoms with E-state index in [9.17, 15) is 0 Å². The minimum atomic E-state index is 0. The van der Waals surface area contributed by atoms with Crippen LogP contribution in [0.25, 0.3) is 0 Å². The fourth-order valence-corrected chi connectivity index (χ4v) is 3.06. The fraction of sp³-hybridized carbons (Fsp3) is 0.722. The van der Waals surface area contributed by atoms with E-state index >= 15 is 0 Å². The van der Waals surface area contributed by atoms with Gasteiger partial charge in [-0.2, -0.15) is 0 Å². The van der Waals surface area contributed by atoms with Crippen LogP contribution < -0.4 is 22.4 Å². The predicted molar refractivity (Wildman–Crippen MR) is 89.1 cm³/mol. The van der Waals surface area contributed by atoms with Gasteiger partial charge in [-0.05, 0) is 25.2 Å². The summed E-state index contributed by atoms with van der Waals surface area (Å²) < 4.78 is 2.37. The number of hydrogen-bond donors (Lipinski definition) is 1. The van der Waals surface area contributed by atoms with Gasteiger partial charge in [-0.1, -0.05) is 27.2 Å². The molecule has 1 aromatic rings. The molecule has 0 aromatic carbocycles. The molecule has 22 heavy (non-hydrogen) atoms. The highest BCUT2D eigenvalue weighted by Crippen LogP contribution is 2.17. The molecule has 126 valence electrons. The average Bonchev–Trinajstić information content (AvgIpc) is 2.52. The fourth-order valence-electron chi connectivity index (χ4n) is 3.06. The first-order chi connectivity index (χ1) is 10.2. The number of aromatic nitrogens is 1. The van der Waals surface area contributed by atoms with Crippen molar-refractivity contribution in [2.75, 3.05) is 18.5 Å². The zero-order chi connectivity index (χ0) is 15.1. The Labute approximate surface area is 142 Å². The third kappa shape index (κ3) is 5.77. The van der Waals surface area contributed by atoms with Crippen LogP contribution in [0.5, 0.6) is 0 Å². The van der Waals surface area contributed by atoms with Crippen molar-refractivity contribution in [3.8, 4) is 0 Å². The summed E-state index contributed by atoms with van der Waals surface area (Å²) in [4.78, 5) is 0. The summed E-state index contributed by atoms with van der Waals surface area (Å²) in [5.41, 5.74) is 4.76. The second-order valence-corrected chi connectivity index (χ2v) is 6.52. The normalized spacial score (nSPS) is 17.8. The number of halogens is 1. The molecule has 0 aliphatic carbocycles. The van der Waals surface area contributed by atoms with E-state index in [2.05, 4.69) is 60.3 Å². The first-order valence-electron chi connectivity index (χ1n) is 8.75. The molecule has 0 bridgehead atoms. The quantitative estimate of drug-likeness (QED) is 0.759. The van der Waals surface area contributed by atoms with Crippen molar-refractivity contribution in [1.82, 2.24) is 5.01 Å². The molecule has 1 aromatic heterocycles. The lowest BCUT2D eigenvalue weighted by atomic mass is 10.0. The van der Waals surface area contributed by atoms with Gasteiger partial charge in [0, 0.05) is 38.1 Å². The maximum atomic E-state index is 3.55. The number of piperidine rings is 1. The molecule has 2 rings (SSSR count). The zero-order valence-corrected chi connectivity index (χ0v) is 15.1. The zero-order valence-electron chi connectivity index (χ0n) is 14.4. The van der Waals surface area contributed by atoms with Gasteiger partial charge in [-0.15, -0.1) is 0 Å². The van der Waals surface area contributed by atoms with E-state index in [1.54, 1.807) is 0 Å². The van der Waals surface area contributed by atoms with Crippen molar-refractivity contribution >= 4 is 5.69 Å². The van der Waals surface area contributed by atoms with Crippen LogP contribution in [0.3, 0.4) is 0 Å². The van der Waals surface area contributed by atoms with Gasteiger partial charge in [0.15, 0.2) is 18.4 Å². The van der Waals surface area contributed by atoms with Crippen molar-refractivity contribution in [2.45, 2.75) is 65.3 Å². The maximum absolute atomic E-state index is 3.55. The summed E-state index contributed by atoms with van der Waals surface area (Å²) >= 11 is 0. The van der Waals surface area contributed by atoms with Crippen molar-refractivity contribution in [3.05, 3.63) is 24.5 Å². The van der Waals surface area contributed by atoms with Gasteiger partial charge in [0.2, 0.25) is 0 Å². The van der Waals surface area contributed by atoms with Crippen LogP contribution in [0, 0.1) is 5.92 Å². The van der Waals surface area contributed by atoms with Gasteiger partial charge in [-0.25, -0.2) is 9.58 Å². The van der Waals surface area contributed by atoms with Gasteiger partial charge in [0.1, 0.15) is 0 Å². The van der Waals surface area contributed by atoms with E-state index in [0.717, 1.165) is 19.0 Å². The Balaban J connectivity index is 0.00000242. The lowest BCUT2D eigenvalue weighted by molar-refractivity contribution is -0.724. The molecule has 1 aliphatic heterocycles. The molecule has 1 atom stereocenters. The molecule has 0 radical (unpaired) electrons. The summed E-state index contributed by atoms with van der Waals surface area (Å²) in [6.07, 6.45) is 12.2. The van der Waals surface area contributed by atoms with Crippen molar-refractivity contribution in [1.29, 1.82) is 0 Å². The first-order valence-corrected chi connectivity index (χ1v) is 8.75. The number of nitrogens with one attached hydrogen (secondary N) is 1. The van der Waals surface area contributed by atoms with Gasteiger partial charge >= 0.3 is 0 Å².